The minimum atomic E-state index is 0.434. The Bertz CT molecular complexity index is 1180. The molecule has 2 aliphatic rings. The highest BCUT2D eigenvalue weighted by Crippen LogP contribution is 2.46. The summed E-state index contributed by atoms with van der Waals surface area (Å²) >= 11 is 0. The molecule has 134 valence electrons. The first-order chi connectivity index (χ1) is 13.9. The van der Waals surface area contributed by atoms with Crippen LogP contribution in [0.1, 0.15) is 47.2 Å². The van der Waals surface area contributed by atoms with E-state index in [0.29, 0.717) is 11.8 Å². The van der Waals surface area contributed by atoms with E-state index in [1.807, 2.05) is 0 Å². The van der Waals surface area contributed by atoms with Crippen LogP contribution in [0.15, 0.2) is 72.8 Å². The zero-order valence-electron chi connectivity index (χ0n) is 15.5. The Labute approximate surface area is 164 Å². The number of fused-ring (bicyclic) bond motifs is 4. The second kappa shape index (κ2) is 6.13. The molecule has 0 saturated heterocycles. The molecule has 2 heterocycles. The van der Waals surface area contributed by atoms with Crippen molar-refractivity contribution in [2.75, 3.05) is 0 Å². The van der Waals surface area contributed by atoms with E-state index in [1.165, 1.54) is 21.9 Å². The van der Waals surface area contributed by atoms with Gasteiger partial charge in [-0.15, -0.1) is 0 Å². The van der Waals surface area contributed by atoms with Gasteiger partial charge in [0, 0.05) is 10.8 Å². The molecule has 4 aromatic rings. The van der Waals surface area contributed by atoms with Gasteiger partial charge in [-0.2, -0.15) is 0 Å². The van der Waals surface area contributed by atoms with E-state index in [-0.39, 0.29) is 0 Å². The zero-order chi connectivity index (χ0) is 18.5. The summed E-state index contributed by atoms with van der Waals surface area (Å²) in [6.07, 6.45) is 11.1. The number of pyridine rings is 2. The number of para-hydroxylation sites is 2. The molecule has 2 atom stereocenters. The Kier molecular flexibility index (Phi) is 3.45. The maximum atomic E-state index is 4.95. The molecule has 0 radical (unpaired) electrons. The summed E-state index contributed by atoms with van der Waals surface area (Å²) in [6, 6.07) is 21.6. The normalized spacial score (nSPS) is 20.3. The average molecular weight is 360 g/mol. The largest absolute Gasteiger partial charge is 0.248 e. The summed E-state index contributed by atoms with van der Waals surface area (Å²) in [5, 5.41) is 2.45. The van der Waals surface area contributed by atoms with Crippen LogP contribution in [0.25, 0.3) is 34.0 Å². The van der Waals surface area contributed by atoms with Crippen LogP contribution >= 0.6 is 0 Å². The lowest BCUT2D eigenvalue weighted by Crippen LogP contribution is -2.17. The van der Waals surface area contributed by atoms with Gasteiger partial charge in [0.2, 0.25) is 0 Å². The van der Waals surface area contributed by atoms with Crippen LogP contribution in [0.4, 0.5) is 0 Å². The zero-order valence-corrected chi connectivity index (χ0v) is 15.5. The predicted molar refractivity (Wildman–Crippen MR) is 116 cm³/mol. The fraction of sp³-hybridized carbons (Fsp3) is 0.154. The predicted octanol–water partition coefficient (Wildman–Crippen LogP) is 6.48. The van der Waals surface area contributed by atoms with E-state index in [1.54, 1.807) is 0 Å². The highest BCUT2D eigenvalue weighted by atomic mass is 14.7. The SMILES string of the molecule is C1=Cc2nc3ccccc3cc2C(C2CC=Cc3nc4ccccc4cc32)C1. The second-order valence-electron chi connectivity index (χ2n) is 7.80. The van der Waals surface area contributed by atoms with Gasteiger partial charge in [0.05, 0.1) is 22.4 Å². The van der Waals surface area contributed by atoms with Crippen LogP contribution in [0.5, 0.6) is 0 Å². The number of rotatable bonds is 1. The molecule has 2 unspecified atom stereocenters. The van der Waals surface area contributed by atoms with Gasteiger partial charge in [0.1, 0.15) is 0 Å². The lowest BCUT2D eigenvalue weighted by Gasteiger charge is -2.32. The molecular formula is C26H20N2. The van der Waals surface area contributed by atoms with E-state index in [2.05, 4.69) is 85.0 Å². The minimum absolute atomic E-state index is 0.434. The van der Waals surface area contributed by atoms with E-state index >= 15 is 0 Å². The molecule has 0 amide bonds. The maximum absolute atomic E-state index is 4.95. The summed E-state index contributed by atoms with van der Waals surface area (Å²) < 4.78 is 0. The molecule has 6 rings (SSSR count). The van der Waals surface area contributed by atoms with Crippen molar-refractivity contribution in [3.8, 4) is 0 Å². The van der Waals surface area contributed by atoms with E-state index in [4.69, 9.17) is 9.97 Å². The molecule has 2 heteroatoms. The number of nitrogens with zero attached hydrogens (tertiary/aromatic N) is 2. The van der Waals surface area contributed by atoms with Crippen molar-refractivity contribution in [1.29, 1.82) is 0 Å². The quantitative estimate of drug-likeness (QED) is 0.388. The Balaban J connectivity index is 1.52. The number of allylic oxidation sites excluding steroid dienone is 2. The van der Waals surface area contributed by atoms with Gasteiger partial charge in [-0.3, -0.25) is 0 Å². The summed E-state index contributed by atoms with van der Waals surface area (Å²) in [5.41, 5.74) is 7.15. The molecule has 2 aliphatic carbocycles. The van der Waals surface area contributed by atoms with E-state index in [9.17, 15) is 0 Å². The van der Waals surface area contributed by atoms with E-state index in [0.717, 1.165) is 35.3 Å². The summed E-state index contributed by atoms with van der Waals surface area (Å²) in [6.45, 7) is 0. The van der Waals surface area contributed by atoms with Crippen molar-refractivity contribution in [2.45, 2.75) is 24.7 Å². The molecule has 0 aliphatic heterocycles. The third-order valence-electron chi connectivity index (χ3n) is 6.18. The van der Waals surface area contributed by atoms with Gasteiger partial charge in [0.15, 0.2) is 0 Å². The molecule has 2 aromatic carbocycles. The van der Waals surface area contributed by atoms with Gasteiger partial charge in [-0.25, -0.2) is 9.97 Å². The Morgan fingerprint density at radius 2 is 1.07 bits per heavy atom. The van der Waals surface area contributed by atoms with E-state index < -0.39 is 0 Å². The van der Waals surface area contributed by atoms with Gasteiger partial charge in [0.25, 0.3) is 0 Å². The van der Waals surface area contributed by atoms with Gasteiger partial charge < -0.3 is 0 Å². The fourth-order valence-electron chi connectivity index (χ4n) is 4.82. The number of benzene rings is 2. The number of aromatic nitrogens is 2. The van der Waals surface area contributed by atoms with Crippen molar-refractivity contribution in [1.82, 2.24) is 9.97 Å². The third-order valence-corrected chi connectivity index (χ3v) is 6.18. The molecule has 28 heavy (non-hydrogen) atoms. The fourth-order valence-corrected chi connectivity index (χ4v) is 4.82. The first kappa shape index (κ1) is 15.8. The van der Waals surface area contributed by atoms with Crippen molar-refractivity contribution in [2.24, 2.45) is 0 Å². The molecule has 0 saturated carbocycles. The number of hydrogen-bond donors (Lipinski definition) is 0. The minimum Gasteiger partial charge on any atom is -0.248 e. The Morgan fingerprint density at radius 3 is 1.57 bits per heavy atom. The van der Waals surface area contributed by atoms with Gasteiger partial charge >= 0.3 is 0 Å². The van der Waals surface area contributed by atoms with Crippen LogP contribution in [-0.2, 0) is 0 Å². The second-order valence-corrected chi connectivity index (χ2v) is 7.80. The molecule has 0 spiro atoms. The maximum Gasteiger partial charge on any atom is 0.0709 e. The Morgan fingerprint density at radius 1 is 0.607 bits per heavy atom. The lowest BCUT2D eigenvalue weighted by atomic mass is 9.73. The highest BCUT2D eigenvalue weighted by Gasteiger charge is 2.30. The molecule has 0 bridgehead atoms. The standard InChI is InChI=1S/C26H20N2/c1-3-11-23-17(7-1)15-21-19(9-5-13-25(21)27-23)20-10-6-14-26-22(20)16-18-8-2-4-12-24(18)28-26/h1-8,11-16,19-20H,9-10H2. The van der Waals surface area contributed by atoms with Gasteiger partial charge in [-0.05, 0) is 72.2 Å². The molecule has 2 aromatic heterocycles. The topological polar surface area (TPSA) is 25.8 Å². The molecule has 2 nitrogen and oxygen atoms in total. The first-order valence-corrected chi connectivity index (χ1v) is 9.99. The highest BCUT2D eigenvalue weighted by molar-refractivity contribution is 5.83. The van der Waals surface area contributed by atoms with Gasteiger partial charge in [-0.1, -0.05) is 48.6 Å². The summed E-state index contributed by atoms with van der Waals surface area (Å²) in [4.78, 5) is 9.89. The molecule has 0 N–H and O–H groups in total. The van der Waals surface area contributed by atoms with Crippen LogP contribution in [0, 0.1) is 0 Å². The molecule has 0 fully saturated rings. The number of hydrogen-bond acceptors (Lipinski definition) is 2. The van der Waals surface area contributed by atoms with Crippen LogP contribution < -0.4 is 0 Å². The van der Waals surface area contributed by atoms with Crippen molar-refractivity contribution in [3.63, 3.8) is 0 Å². The van der Waals surface area contributed by atoms with Crippen LogP contribution in [-0.4, -0.2) is 9.97 Å². The third kappa shape index (κ3) is 2.41. The lowest BCUT2D eigenvalue weighted by molar-refractivity contribution is 0.537. The van der Waals surface area contributed by atoms with Crippen LogP contribution in [0.3, 0.4) is 0 Å². The Hall–Kier alpha value is -3.26. The average Bonchev–Trinajstić information content (AvgIpc) is 2.75. The van der Waals surface area contributed by atoms with Crippen molar-refractivity contribution < 1.29 is 0 Å². The summed E-state index contributed by atoms with van der Waals surface area (Å²) in [7, 11) is 0. The molecular weight excluding hydrogens is 340 g/mol. The first-order valence-electron chi connectivity index (χ1n) is 9.99. The van der Waals surface area contributed by atoms with Crippen LogP contribution in [0.2, 0.25) is 0 Å². The van der Waals surface area contributed by atoms with Crippen molar-refractivity contribution >= 4 is 34.0 Å². The monoisotopic (exact) mass is 360 g/mol. The summed E-state index contributed by atoms with van der Waals surface area (Å²) in [5.74, 6) is 0.868. The smallest absolute Gasteiger partial charge is 0.0709 e. The van der Waals surface area contributed by atoms with Crippen molar-refractivity contribution in [3.05, 3.63) is 95.3 Å².